The van der Waals surface area contributed by atoms with E-state index in [0.717, 1.165) is 25.9 Å². The number of aromatic carboxylic acids is 1. The molecule has 0 fully saturated rings. The molecule has 1 aromatic rings. The van der Waals surface area contributed by atoms with E-state index in [1.165, 1.54) is 18.2 Å². The highest BCUT2D eigenvalue weighted by atomic mass is 32.2. The molecule has 7 heteroatoms. The van der Waals surface area contributed by atoms with Gasteiger partial charge in [0.25, 0.3) is 0 Å². The van der Waals surface area contributed by atoms with Crippen molar-refractivity contribution in [3.8, 4) is 0 Å². The molecule has 22 heavy (non-hydrogen) atoms. The summed E-state index contributed by atoms with van der Waals surface area (Å²) in [6.07, 6.45) is 1.86. The van der Waals surface area contributed by atoms with E-state index in [-0.39, 0.29) is 16.5 Å². The van der Waals surface area contributed by atoms with Crippen molar-refractivity contribution in [2.45, 2.75) is 44.6 Å². The van der Waals surface area contributed by atoms with Crippen LogP contribution in [0.1, 0.15) is 55.6 Å². The average molecular weight is 328 g/mol. The van der Waals surface area contributed by atoms with Crippen LogP contribution in [-0.2, 0) is 10.0 Å². The number of sulfonamides is 1. The van der Waals surface area contributed by atoms with Crippen molar-refractivity contribution < 1.29 is 18.3 Å². The third kappa shape index (κ3) is 4.53. The van der Waals surface area contributed by atoms with Crippen LogP contribution < -0.4 is 5.14 Å². The fourth-order valence-electron chi connectivity index (χ4n) is 2.53. The number of hydrogen-bond donors (Lipinski definition) is 2. The first-order valence-corrected chi connectivity index (χ1v) is 8.91. The van der Waals surface area contributed by atoms with Gasteiger partial charge in [0.1, 0.15) is 0 Å². The molecule has 124 valence electrons. The molecular weight excluding hydrogens is 304 g/mol. The number of hydrogen-bond acceptors (Lipinski definition) is 4. The molecule has 0 aliphatic rings. The van der Waals surface area contributed by atoms with Gasteiger partial charge in [-0.2, -0.15) is 0 Å². The van der Waals surface area contributed by atoms with E-state index in [4.69, 9.17) is 5.14 Å². The molecule has 1 atom stereocenters. The molecule has 1 unspecified atom stereocenters. The van der Waals surface area contributed by atoms with Gasteiger partial charge < -0.3 is 5.11 Å². The summed E-state index contributed by atoms with van der Waals surface area (Å²) >= 11 is 0. The number of carboxylic acids is 1. The Kier molecular flexibility index (Phi) is 6.52. The maximum Gasteiger partial charge on any atom is 0.336 e. The number of carboxylic acid groups (broad SMARTS) is 1. The molecule has 0 amide bonds. The van der Waals surface area contributed by atoms with Crippen molar-refractivity contribution in [3.05, 3.63) is 29.3 Å². The molecule has 1 aromatic carbocycles. The molecule has 0 heterocycles. The van der Waals surface area contributed by atoms with E-state index in [0.29, 0.717) is 5.56 Å². The van der Waals surface area contributed by atoms with Gasteiger partial charge in [-0.05, 0) is 56.6 Å². The van der Waals surface area contributed by atoms with Crippen LogP contribution in [0.25, 0.3) is 0 Å². The summed E-state index contributed by atoms with van der Waals surface area (Å²) in [6, 6.07) is 3.72. The first kappa shape index (κ1) is 18.6. The molecule has 0 saturated heterocycles. The van der Waals surface area contributed by atoms with Gasteiger partial charge in [0.05, 0.1) is 10.5 Å². The van der Waals surface area contributed by atoms with Gasteiger partial charge in [0.15, 0.2) is 0 Å². The number of benzene rings is 1. The molecule has 3 N–H and O–H groups in total. The SMILES string of the molecule is CCCN(CCC)C(C)c1cc(S(N)(=O)=O)ccc1C(=O)O. The van der Waals surface area contributed by atoms with Crippen LogP contribution in [0.2, 0.25) is 0 Å². The quantitative estimate of drug-likeness (QED) is 0.762. The van der Waals surface area contributed by atoms with E-state index in [9.17, 15) is 18.3 Å². The summed E-state index contributed by atoms with van der Waals surface area (Å²) in [7, 11) is -3.86. The topological polar surface area (TPSA) is 101 Å². The molecule has 0 saturated carbocycles. The summed E-state index contributed by atoms with van der Waals surface area (Å²) in [6.45, 7) is 7.61. The van der Waals surface area contributed by atoms with Gasteiger partial charge in [-0.15, -0.1) is 0 Å². The highest BCUT2D eigenvalue weighted by molar-refractivity contribution is 7.89. The third-order valence-electron chi connectivity index (χ3n) is 3.60. The molecule has 0 bridgehead atoms. The van der Waals surface area contributed by atoms with Crippen molar-refractivity contribution in [3.63, 3.8) is 0 Å². The number of nitrogens with two attached hydrogens (primary N) is 1. The van der Waals surface area contributed by atoms with E-state index >= 15 is 0 Å². The maximum absolute atomic E-state index is 11.5. The molecule has 0 aliphatic carbocycles. The molecule has 0 radical (unpaired) electrons. The Bertz CT molecular complexity index is 622. The average Bonchev–Trinajstić information content (AvgIpc) is 2.44. The number of carbonyl (C=O) groups is 1. The van der Waals surface area contributed by atoms with Gasteiger partial charge >= 0.3 is 5.97 Å². The van der Waals surface area contributed by atoms with Crippen LogP contribution in [0.4, 0.5) is 0 Å². The standard InChI is InChI=1S/C15H24N2O4S/c1-4-8-17(9-5-2)11(3)14-10-12(22(16,20)21)6-7-13(14)15(18)19/h6-7,10-11H,4-5,8-9H2,1-3H3,(H,18,19)(H2,16,20,21). The van der Waals surface area contributed by atoms with Crippen LogP contribution in [0, 0.1) is 0 Å². The van der Waals surface area contributed by atoms with E-state index in [1.807, 2.05) is 20.8 Å². The Balaban J connectivity index is 3.36. The zero-order valence-corrected chi connectivity index (χ0v) is 14.1. The lowest BCUT2D eigenvalue weighted by Crippen LogP contribution is -2.30. The van der Waals surface area contributed by atoms with Crippen molar-refractivity contribution >= 4 is 16.0 Å². The van der Waals surface area contributed by atoms with Crippen molar-refractivity contribution in [1.82, 2.24) is 4.90 Å². The van der Waals surface area contributed by atoms with Gasteiger partial charge in [0.2, 0.25) is 10.0 Å². The molecule has 6 nitrogen and oxygen atoms in total. The summed E-state index contributed by atoms with van der Waals surface area (Å²) in [4.78, 5) is 13.5. The van der Waals surface area contributed by atoms with E-state index in [1.54, 1.807) is 0 Å². The van der Waals surface area contributed by atoms with Crippen molar-refractivity contribution in [1.29, 1.82) is 0 Å². The molecule has 1 rings (SSSR count). The van der Waals surface area contributed by atoms with Gasteiger partial charge in [0, 0.05) is 6.04 Å². The van der Waals surface area contributed by atoms with Crippen LogP contribution in [-0.4, -0.2) is 37.5 Å². The largest absolute Gasteiger partial charge is 0.478 e. The van der Waals surface area contributed by atoms with Crippen molar-refractivity contribution in [2.24, 2.45) is 5.14 Å². The first-order chi connectivity index (χ1) is 10.2. The molecular formula is C15H24N2O4S. The minimum Gasteiger partial charge on any atom is -0.478 e. The summed E-state index contributed by atoms with van der Waals surface area (Å²) in [5, 5.41) is 14.5. The fourth-order valence-corrected chi connectivity index (χ4v) is 3.08. The lowest BCUT2D eigenvalue weighted by atomic mass is 10.00. The molecule has 0 aliphatic heterocycles. The predicted octanol–water partition coefficient (Wildman–Crippen LogP) is 2.22. The molecule has 0 aromatic heterocycles. The Morgan fingerprint density at radius 3 is 2.23 bits per heavy atom. The highest BCUT2D eigenvalue weighted by Crippen LogP contribution is 2.27. The number of rotatable bonds is 8. The van der Waals surface area contributed by atoms with Crippen LogP contribution >= 0.6 is 0 Å². The normalized spacial score (nSPS) is 13.3. The van der Waals surface area contributed by atoms with Crippen LogP contribution in [0.5, 0.6) is 0 Å². The lowest BCUT2D eigenvalue weighted by Gasteiger charge is -2.29. The Labute approximate surface area is 132 Å². The van der Waals surface area contributed by atoms with Crippen LogP contribution in [0.15, 0.2) is 23.1 Å². The Morgan fingerprint density at radius 1 is 1.27 bits per heavy atom. The number of primary sulfonamides is 1. The summed E-state index contributed by atoms with van der Waals surface area (Å²) in [5.74, 6) is -1.07. The monoisotopic (exact) mass is 328 g/mol. The number of nitrogens with zero attached hydrogens (tertiary/aromatic N) is 1. The second kappa shape index (κ2) is 7.71. The Morgan fingerprint density at radius 2 is 1.82 bits per heavy atom. The van der Waals surface area contributed by atoms with Crippen molar-refractivity contribution in [2.75, 3.05) is 13.1 Å². The summed E-state index contributed by atoms with van der Waals surface area (Å²) in [5.41, 5.74) is 0.582. The lowest BCUT2D eigenvalue weighted by molar-refractivity contribution is 0.0692. The predicted molar refractivity (Wildman–Crippen MR) is 85.3 cm³/mol. The smallest absolute Gasteiger partial charge is 0.336 e. The Hall–Kier alpha value is -1.44. The third-order valence-corrected chi connectivity index (χ3v) is 4.51. The van der Waals surface area contributed by atoms with Gasteiger partial charge in [-0.3, -0.25) is 4.90 Å². The molecule has 0 spiro atoms. The minimum absolute atomic E-state index is 0.0627. The zero-order chi connectivity index (χ0) is 16.9. The fraction of sp³-hybridized carbons (Fsp3) is 0.533. The van der Waals surface area contributed by atoms with E-state index < -0.39 is 16.0 Å². The maximum atomic E-state index is 11.5. The van der Waals surface area contributed by atoms with Crippen LogP contribution in [0.3, 0.4) is 0 Å². The highest BCUT2D eigenvalue weighted by Gasteiger charge is 2.22. The first-order valence-electron chi connectivity index (χ1n) is 7.36. The van der Waals surface area contributed by atoms with Gasteiger partial charge in [-0.25, -0.2) is 18.4 Å². The second-order valence-electron chi connectivity index (χ2n) is 5.31. The summed E-state index contributed by atoms with van der Waals surface area (Å²) < 4.78 is 23.1. The van der Waals surface area contributed by atoms with Gasteiger partial charge in [-0.1, -0.05) is 13.8 Å². The second-order valence-corrected chi connectivity index (χ2v) is 6.87. The minimum atomic E-state index is -3.86. The zero-order valence-electron chi connectivity index (χ0n) is 13.2. The van der Waals surface area contributed by atoms with E-state index in [2.05, 4.69) is 4.90 Å².